The zero-order chi connectivity index (χ0) is 21.7. The van der Waals surface area contributed by atoms with Crippen LogP contribution in [0.3, 0.4) is 0 Å². The topological polar surface area (TPSA) is 114 Å². The van der Waals surface area contributed by atoms with Gasteiger partial charge in [0.25, 0.3) is 5.91 Å². The van der Waals surface area contributed by atoms with Crippen LogP contribution in [0.15, 0.2) is 48.5 Å². The largest absolute Gasteiger partial charge is 0.480 e. The number of amides is 2. The molecule has 2 atom stereocenters. The number of ether oxygens (including phenoxy) is 2. The molecule has 3 N–H and O–H groups in total. The molecule has 1 aliphatic carbocycles. The van der Waals surface area contributed by atoms with Gasteiger partial charge in [-0.1, -0.05) is 48.5 Å². The van der Waals surface area contributed by atoms with Crippen LogP contribution in [0.2, 0.25) is 0 Å². The maximum atomic E-state index is 12.2. The van der Waals surface area contributed by atoms with Gasteiger partial charge in [0.1, 0.15) is 12.6 Å². The summed E-state index contributed by atoms with van der Waals surface area (Å²) in [6.45, 7) is 1.34. The summed E-state index contributed by atoms with van der Waals surface area (Å²) in [5.41, 5.74) is 4.46. The molecule has 0 radical (unpaired) electrons. The van der Waals surface area contributed by atoms with Crippen LogP contribution in [0.5, 0.6) is 0 Å². The molecule has 2 aromatic carbocycles. The zero-order valence-electron chi connectivity index (χ0n) is 16.8. The highest BCUT2D eigenvalue weighted by Gasteiger charge is 2.29. The number of methoxy groups -OCH3 is 1. The zero-order valence-corrected chi connectivity index (χ0v) is 16.8. The van der Waals surface area contributed by atoms with Crippen molar-refractivity contribution in [2.75, 3.05) is 20.3 Å². The molecule has 8 heteroatoms. The van der Waals surface area contributed by atoms with Gasteiger partial charge in [-0.3, -0.25) is 9.59 Å². The van der Waals surface area contributed by atoms with E-state index in [1.165, 1.54) is 14.0 Å². The van der Waals surface area contributed by atoms with E-state index in [0.29, 0.717) is 0 Å². The number of aliphatic carboxylic acids is 1. The third kappa shape index (κ3) is 4.60. The van der Waals surface area contributed by atoms with Gasteiger partial charge in [0, 0.05) is 13.0 Å². The minimum atomic E-state index is -1.16. The number of alkyl carbamates (subject to hydrolysis) is 1. The highest BCUT2D eigenvalue weighted by molar-refractivity contribution is 5.86. The monoisotopic (exact) mass is 412 g/mol. The quantitative estimate of drug-likeness (QED) is 0.612. The van der Waals surface area contributed by atoms with E-state index >= 15 is 0 Å². The summed E-state index contributed by atoms with van der Waals surface area (Å²) < 4.78 is 10.4. The third-order valence-corrected chi connectivity index (χ3v) is 5.08. The van der Waals surface area contributed by atoms with E-state index in [1.54, 1.807) is 0 Å². The van der Waals surface area contributed by atoms with Gasteiger partial charge in [-0.25, -0.2) is 4.79 Å². The molecule has 0 fully saturated rings. The predicted octanol–water partition coefficient (Wildman–Crippen LogP) is 2.13. The summed E-state index contributed by atoms with van der Waals surface area (Å²) in [5, 5.41) is 13.7. The number of fused-ring (bicyclic) bond motifs is 3. The smallest absolute Gasteiger partial charge is 0.407 e. The fourth-order valence-electron chi connectivity index (χ4n) is 3.48. The molecule has 8 nitrogen and oxygen atoms in total. The molecule has 2 aromatic rings. The minimum Gasteiger partial charge on any atom is -0.480 e. The summed E-state index contributed by atoms with van der Waals surface area (Å²) in [7, 11) is 1.30. The number of benzene rings is 2. The molecule has 0 heterocycles. The van der Waals surface area contributed by atoms with Gasteiger partial charge in [-0.05, 0) is 29.2 Å². The molecule has 0 aliphatic heterocycles. The fourth-order valence-corrected chi connectivity index (χ4v) is 3.48. The lowest BCUT2D eigenvalue weighted by Crippen LogP contribution is -2.48. The Labute approximate surface area is 174 Å². The Balaban J connectivity index is 1.56. The van der Waals surface area contributed by atoms with Crippen molar-refractivity contribution in [3.05, 3.63) is 59.7 Å². The van der Waals surface area contributed by atoms with Gasteiger partial charge in [0.05, 0.1) is 6.54 Å². The highest BCUT2D eigenvalue weighted by atomic mass is 16.5. The van der Waals surface area contributed by atoms with Crippen molar-refractivity contribution in [2.45, 2.75) is 25.0 Å². The van der Waals surface area contributed by atoms with Crippen LogP contribution in [-0.4, -0.2) is 55.5 Å². The Kier molecular flexibility index (Phi) is 6.68. The Morgan fingerprint density at radius 1 is 1.03 bits per heavy atom. The average molecular weight is 412 g/mol. The maximum Gasteiger partial charge on any atom is 0.407 e. The first-order chi connectivity index (χ1) is 14.4. The molecule has 1 unspecified atom stereocenters. The van der Waals surface area contributed by atoms with Crippen LogP contribution in [-0.2, 0) is 19.1 Å². The number of carboxylic acids is 1. The molecule has 3 rings (SSSR count). The fraction of sp³-hybridized carbons (Fsp3) is 0.318. The number of carbonyl (C=O) groups excluding carboxylic acids is 2. The summed E-state index contributed by atoms with van der Waals surface area (Å²) in [6, 6.07) is 15.0. The number of carboxylic acid groups (broad SMARTS) is 1. The summed E-state index contributed by atoms with van der Waals surface area (Å²) in [6.07, 6.45) is -1.72. The van der Waals surface area contributed by atoms with Crippen molar-refractivity contribution in [3.63, 3.8) is 0 Å². The molecular weight excluding hydrogens is 388 g/mol. The Morgan fingerprint density at radius 2 is 1.60 bits per heavy atom. The van der Waals surface area contributed by atoms with Crippen LogP contribution < -0.4 is 10.6 Å². The van der Waals surface area contributed by atoms with Gasteiger partial charge < -0.3 is 25.2 Å². The van der Waals surface area contributed by atoms with Gasteiger partial charge >= 0.3 is 12.1 Å². The predicted molar refractivity (Wildman–Crippen MR) is 109 cm³/mol. The molecule has 158 valence electrons. The van der Waals surface area contributed by atoms with E-state index in [9.17, 15) is 14.4 Å². The summed E-state index contributed by atoms with van der Waals surface area (Å²) >= 11 is 0. The first kappa shape index (κ1) is 21.3. The first-order valence-corrected chi connectivity index (χ1v) is 9.57. The van der Waals surface area contributed by atoms with Gasteiger partial charge in [-0.15, -0.1) is 0 Å². The second-order valence-electron chi connectivity index (χ2n) is 7.00. The number of hydrogen-bond acceptors (Lipinski definition) is 5. The van der Waals surface area contributed by atoms with Crippen molar-refractivity contribution in [1.29, 1.82) is 0 Å². The van der Waals surface area contributed by atoms with Crippen molar-refractivity contribution >= 4 is 18.0 Å². The Hall–Kier alpha value is -3.39. The molecule has 0 saturated carbocycles. The number of hydrogen-bond donors (Lipinski definition) is 3. The van der Waals surface area contributed by atoms with Crippen molar-refractivity contribution in [1.82, 2.24) is 10.6 Å². The van der Waals surface area contributed by atoms with E-state index in [1.807, 2.05) is 48.5 Å². The van der Waals surface area contributed by atoms with Crippen LogP contribution in [0.4, 0.5) is 4.79 Å². The van der Waals surface area contributed by atoms with Crippen LogP contribution in [0, 0.1) is 0 Å². The lowest BCUT2D eigenvalue weighted by Gasteiger charge is -2.18. The van der Waals surface area contributed by atoms with Crippen molar-refractivity contribution in [3.8, 4) is 11.1 Å². The van der Waals surface area contributed by atoms with Crippen LogP contribution in [0.1, 0.15) is 24.0 Å². The summed E-state index contributed by atoms with van der Waals surface area (Å²) in [5.74, 6) is -1.87. The number of nitrogens with one attached hydrogen (secondary N) is 2. The Morgan fingerprint density at radius 3 is 2.13 bits per heavy atom. The SMILES string of the molecule is COC(CNC(=O)OCC1c2ccccc2-c2ccccc21)C(=O)N[C@H](C)C(=O)O. The number of carbonyl (C=O) groups is 3. The highest BCUT2D eigenvalue weighted by Crippen LogP contribution is 2.44. The van der Waals surface area contributed by atoms with E-state index in [-0.39, 0.29) is 19.1 Å². The molecular formula is C22H24N2O6. The van der Waals surface area contributed by atoms with Crippen molar-refractivity contribution in [2.24, 2.45) is 0 Å². The van der Waals surface area contributed by atoms with Crippen molar-refractivity contribution < 1.29 is 29.0 Å². The summed E-state index contributed by atoms with van der Waals surface area (Å²) in [4.78, 5) is 35.1. The molecule has 0 bridgehead atoms. The van der Waals surface area contributed by atoms with E-state index < -0.39 is 30.1 Å². The minimum absolute atomic E-state index is 0.0684. The maximum absolute atomic E-state index is 12.2. The molecule has 0 spiro atoms. The van der Waals surface area contributed by atoms with Crippen LogP contribution >= 0.6 is 0 Å². The second-order valence-corrected chi connectivity index (χ2v) is 7.00. The van der Waals surface area contributed by atoms with E-state index in [0.717, 1.165) is 22.3 Å². The van der Waals surface area contributed by atoms with Gasteiger partial charge in [0.15, 0.2) is 6.10 Å². The lowest BCUT2D eigenvalue weighted by atomic mass is 9.98. The molecule has 0 saturated heterocycles. The molecule has 2 amide bonds. The molecule has 1 aliphatic rings. The molecule has 30 heavy (non-hydrogen) atoms. The lowest BCUT2D eigenvalue weighted by molar-refractivity contribution is -0.143. The normalized spacial score (nSPS) is 14.2. The third-order valence-electron chi connectivity index (χ3n) is 5.08. The Bertz CT molecular complexity index is 899. The number of rotatable bonds is 8. The average Bonchev–Trinajstić information content (AvgIpc) is 3.06. The molecule has 0 aromatic heterocycles. The first-order valence-electron chi connectivity index (χ1n) is 9.57. The van der Waals surface area contributed by atoms with E-state index in [4.69, 9.17) is 14.6 Å². The van der Waals surface area contributed by atoms with Gasteiger partial charge in [-0.2, -0.15) is 0 Å². The van der Waals surface area contributed by atoms with Gasteiger partial charge in [0.2, 0.25) is 0 Å². The standard InChI is InChI=1S/C22H24N2O6/c1-13(21(26)27)24-20(25)19(29-2)11-23-22(28)30-12-18-16-9-5-3-7-14(16)15-8-4-6-10-17(15)18/h3-10,13,18-19H,11-12H2,1-2H3,(H,23,28)(H,24,25)(H,26,27)/t13-,19?/m1/s1. The van der Waals surface area contributed by atoms with E-state index in [2.05, 4.69) is 10.6 Å². The van der Waals surface area contributed by atoms with Crippen LogP contribution in [0.25, 0.3) is 11.1 Å². The second kappa shape index (κ2) is 9.41.